The van der Waals surface area contributed by atoms with Gasteiger partial charge in [0.15, 0.2) is 5.65 Å². The lowest BCUT2D eigenvalue weighted by Crippen LogP contribution is -2.06. The molecule has 0 spiro atoms. The summed E-state index contributed by atoms with van der Waals surface area (Å²) in [5, 5.41) is 2.38. The highest BCUT2D eigenvalue weighted by Crippen LogP contribution is 2.36. The summed E-state index contributed by atoms with van der Waals surface area (Å²) in [6.07, 6.45) is 3.48. The number of pyridine rings is 2. The molecule has 0 aliphatic carbocycles. The summed E-state index contributed by atoms with van der Waals surface area (Å²) in [4.78, 5) is 33.5. The molecule has 0 aliphatic heterocycles. The fraction of sp³-hybridized carbons (Fsp3) is 0.0500. The van der Waals surface area contributed by atoms with E-state index in [1.165, 1.54) is 17.4 Å². The minimum absolute atomic E-state index is 0.221. The Labute approximate surface area is 167 Å². The molecule has 0 amide bonds. The monoisotopic (exact) mass is 405 g/mol. The van der Waals surface area contributed by atoms with E-state index in [1.807, 2.05) is 31.2 Å². The van der Waals surface area contributed by atoms with E-state index in [9.17, 15) is 4.79 Å². The molecular weight excluding hydrogens is 394 g/mol. The summed E-state index contributed by atoms with van der Waals surface area (Å²) >= 11 is 8.00. The van der Waals surface area contributed by atoms with Crippen molar-refractivity contribution in [3.63, 3.8) is 0 Å². The molecule has 0 radical (unpaired) electrons. The van der Waals surface area contributed by atoms with Crippen molar-refractivity contribution in [1.29, 1.82) is 0 Å². The Morgan fingerprint density at radius 1 is 1.07 bits per heavy atom. The molecule has 0 atom stereocenters. The first kappa shape index (κ1) is 17.0. The van der Waals surface area contributed by atoms with Gasteiger partial charge in [0.05, 0.1) is 26.1 Å². The summed E-state index contributed by atoms with van der Waals surface area (Å²) in [7, 11) is 0. The summed E-state index contributed by atoms with van der Waals surface area (Å²) < 4.78 is 0. The molecule has 4 heterocycles. The zero-order chi connectivity index (χ0) is 19.3. The molecule has 136 valence electrons. The number of nitrogens with one attached hydrogen (secondary N) is 1. The Balaban J connectivity index is 1.85. The van der Waals surface area contributed by atoms with Crippen LogP contribution in [0.25, 0.3) is 43.9 Å². The fourth-order valence-corrected chi connectivity index (χ4v) is 4.14. The quantitative estimate of drug-likeness (QED) is 0.463. The van der Waals surface area contributed by atoms with Gasteiger partial charge < -0.3 is 4.98 Å². The van der Waals surface area contributed by atoms with Gasteiger partial charge in [0, 0.05) is 29.4 Å². The minimum Gasteiger partial charge on any atom is -0.305 e. The molecular formula is C20H12ClN5OS. The van der Waals surface area contributed by atoms with Crippen LogP contribution < -0.4 is 5.56 Å². The lowest BCUT2D eigenvalue weighted by molar-refractivity contribution is 1.19. The van der Waals surface area contributed by atoms with E-state index in [4.69, 9.17) is 21.6 Å². The van der Waals surface area contributed by atoms with Gasteiger partial charge in [0.25, 0.3) is 0 Å². The number of hydrogen-bond donors (Lipinski definition) is 1. The molecule has 0 saturated heterocycles. The molecule has 0 fully saturated rings. The summed E-state index contributed by atoms with van der Waals surface area (Å²) in [5.41, 5.74) is 3.71. The maximum absolute atomic E-state index is 11.7. The molecule has 0 saturated carbocycles. The third-order valence-electron chi connectivity index (χ3n) is 4.34. The SMILES string of the molecule is Cc1ncc(-c2nc3[nH]c(=O)ccc3nc2-c2cc(Cl)c3ncccc3c2)s1. The van der Waals surface area contributed by atoms with Gasteiger partial charge in [-0.2, -0.15) is 0 Å². The van der Waals surface area contributed by atoms with Crippen LogP contribution in [0.15, 0.2) is 53.6 Å². The second kappa shape index (κ2) is 6.47. The van der Waals surface area contributed by atoms with E-state index in [1.54, 1.807) is 18.5 Å². The van der Waals surface area contributed by atoms with Crippen molar-refractivity contribution < 1.29 is 0 Å². The van der Waals surface area contributed by atoms with Gasteiger partial charge in [-0.25, -0.2) is 15.0 Å². The van der Waals surface area contributed by atoms with Gasteiger partial charge >= 0.3 is 0 Å². The Bertz CT molecular complexity index is 1430. The lowest BCUT2D eigenvalue weighted by Gasteiger charge is -2.10. The van der Waals surface area contributed by atoms with Gasteiger partial charge in [-0.1, -0.05) is 17.7 Å². The molecule has 6 nitrogen and oxygen atoms in total. The summed E-state index contributed by atoms with van der Waals surface area (Å²) in [6.45, 7) is 1.93. The van der Waals surface area contributed by atoms with Crippen LogP contribution in [0.3, 0.4) is 0 Å². The summed E-state index contributed by atoms with van der Waals surface area (Å²) in [6, 6.07) is 10.8. The smallest absolute Gasteiger partial charge is 0.249 e. The van der Waals surface area contributed by atoms with Gasteiger partial charge in [-0.15, -0.1) is 11.3 Å². The van der Waals surface area contributed by atoms with Gasteiger partial charge in [0.1, 0.15) is 11.2 Å². The number of hydrogen-bond acceptors (Lipinski definition) is 6. The second-order valence-electron chi connectivity index (χ2n) is 6.25. The highest BCUT2D eigenvalue weighted by Gasteiger charge is 2.17. The second-order valence-corrected chi connectivity index (χ2v) is 7.90. The van der Waals surface area contributed by atoms with E-state index >= 15 is 0 Å². The number of aromatic amines is 1. The number of fused-ring (bicyclic) bond motifs is 2. The largest absolute Gasteiger partial charge is 0.305 e. The molecule has 0 unspecified atom stereocenters. The van der Waals surface area contributed by atoms with Crippen molar-refractivity contribution in [2.45, 2.75) is 6.92 Å². The van der Waals surface area contributed by atoms with Gasteiger partial charge in [-0.3, -0.25) is 9.78 Å². The van der Waals surface area contributed by atoms with E-state index in [0.717, 1.165) is 26.4 Å². The predicted molar refractivity (Wildman–Crippen MR) is 112 cm³/mol. The maximum Gasteiger partial charge on any atom is 0.249 e. The highest BCUT2D eigenvalue weighted by atomic mass is 35.5. The standard InChI is InChI=1S/C20H12ClN5OS/c1-10-23-9-15(28-10)19-18(24-14-4-5-16(27)25-20(14)26-19)12-7-11-3-2-6-22-17(11)13(21)8-12/h2-9H,1H3,(H,25,26,27). The molecule has 5 aromatic rings. The van der Waals surface area contributed by atoms with E-state index < -0.39 is 0 Å². The van der Waals surface area contributed by atoms with Crippen LogP contribution in [0.2, 0.25) is 5.02 Å². The molecule has 4 aromatic heterocycles. The lowest BCUT2D eigenvalue weighted by atomic mass is 10.1. The molecule has 28 heavy (non-hydrogen) atoms. The number of halogens is 1. The number of rotatable bonds is 2. The third-order valence-corrected chi connectivity index (χ3v) is 5.55. The normalized spacial score (nSPS) is 11.4. The van der Waals surface area contributed by atoms with Crippen LogP contribution in [0.4, 0.5) is 0 Å². The van der Waals surface area contributed by atoms with Crippen molar-refractivity contribution in [2.75, 3.05) is 0 Å². The Hall–Kier alpha value is -3.16. The van der Waals surface area contributed by atoms with Crippen LogP contribution in [0.1, 0.15) is 5.01 Å². The van der Waals surface area contributed by atoms with Crippen LogP contribution in [0.5, 0.6) is 0 Å². The number of thiazole rings is 1. The number of benzene rings is 1. The topological polar surface area (TPSA) is 84.4 Å². The number of aromatic nitrogens is 5. The van der Waals surface area contributed by atoms with Crippen LogP contribution in [-0.4, -0.2) is 24.9 Å². The molecule has 0 aliphatic rings. The average molecular weight is 406 g/mol. The molecule has 8 heteroatoms. The molecule has 1 N–H and O–H groups in total. The average Bonchev–Trinajstić information content (AvgIpc) is 3.13. The number of aryl methyl sites for hydroxylation is 1. The van der Waals surface area contributed by atoms with Crippen molar-refractivity contribution in [1.82, 2.24) is 24.9 Å². The maximum atomic E-state index is 11.7. The molecule has 0 bridgehead atoms. The van der Waals surface area contributed by atoms with E-state index in [2.05, 4.69) is 15.0 Å². The zero-order valence-corrected chi connectivity index (χ0v) is 16.2. The van der Waals surface area contributed by atoms with Crippen LogP contribution >= 0.6 is 22.9 Å². The van der Waals surface area contributed by atoms with Crippen molar-refractivity contribution >= 4 is 45.0 Å². The van der Waals surface area contributed by atoms with Crippen molar-refractivity contribution in [3.8, 4) is 21.8 Å². The third kappa shape index (κ3) is 2.85. The molecule has 5 rings (SSSR count). The van der Waals surface area contributed by atoms with Gasteiger partial charge in [0.2, 0.25) is 5.56 Å². The van der Waals surface area contributed by atoms with Crippen LogP contribution in [0, 0.1) is 6.92 Å². The number of nitrogens with zero attached hydrogens (tertiary/aromatic N) is 4. The Morgan fingerprint density at radius 3 is 2.79 bits per heavy atom. The van der Waals surface area contributed by atoms with E-state index in [-0.39, 0.29) is 5.56 Å². The first-order chi connectivity index (χ1) is 13.6. The highest BCUT2D eigenvalue weighted by molar-refractivity contribution is 7.15. The fourth-order valence-electron chi connectivity index (χ4n) is 3.10. The van der Waals surface area contributed by atoms with Crippen molar-refractivity contribution in [2.24, 2.45) is 0 Å². The Kier molecular flexibility index (Phi) is 3.92. The zero-order valence-electron chi connectivity index (χ0n) is 14.6. The van der Waals surface area contributed by atoms with E-state index in [0.29, 0.717) is 27.6 Å². The first-order valence-electron chi connectivity index (χ1n) is 8.47. The Morgan fingerprint density at radius 2 is 1.96 bits per heavy atom. The van der Waals surface area contributed by atoms with Crippen LogP contribution in [-0.2, 0) is 0 Å². The summed E-state index contributed by atoms with van der Waals surface area (Å²) in [5.74, 6) is 0. The minimum atomic E-state index is -0.221. The number of H-pyrrole nitrogens is 1. The van der Waals surface area contributed by atoms with Gasteiger partial charge in [-0.05, 0) is 31.2 Å². The molecule has 1 aromatic carbocycles. The first-order valence-corrected chi connectivity index (χ1v) is 9.66. The predicted octanol–water partition coefficient (Wildman–Crippen LogP) is 4.62. The van der Waals surface area contributed by atoms with Crippen molar-refractivity contribution in [3.05, 3.63) is 69.2 Å².